The number of hydrogen-bond acceptors (Lipinski definition) is 2. The Hall–Kier alpha value is -3.61. The molecule has 0 aliphatic rings. The number of rotatable bonds is 7. The van der Waals surface area contributed by atoms with Crippen LogP contribution in [0.25, 0.3) is 0 Å². The SMILES string of the molecule is NC(=O)[C@H](Cc1cccc(C(F)(F)F)c1)NC(=O)C(c1ccccc1)c1ccccc1. The molecular weight excluding hydrogens is 405 g/mol. The Morgan fingerprint density at radius 1 is 0.839 bits per heavy atom. The highest BCUT2D eigenvalue weighted by atomic mass is 19.4. The molecule has 0 aromatic heterocycles. The highest BCUT2D eigenvalue weighted by molar-refractivity contribution is 5.92. The predicted octanol–water partition coefficient (Wildman–Crippen LogP) is 4.05. The second-order valence-corrected chi connectivity index (χ2v) is 7.12. The van der Waals surface area contributed by atoms with Crippen LogP contribution in [0, 0.1) is 0 Å². The Bertz CT molecular complexity index is 998. The molecule has 1 atom stereocenters. The first-order valence-corrected chi connectivity index (χ1v) is 9.61. The number of nitrogens with two attached hydrogens (primary N) is 1. The van der Waals surface area contributed by atoms with Gasteiger partial charge in [-0.3, -0.25) is 9.59 Å². The highest BCUT2D eigenvalue weighted by Crippen LogP contribution is 2.30. The first-order valence-electron chi connectivity index (χ1n) is 9.61. The van der Waals surface area contributed by atoms with Crippen LogP contribution in [0.1, 0.15) is 28.2 Å². The molecule has 160 valence electrons. The normalized spacial score (nSPS) is 12.4. The molecular formula is C24H21F3N2O2. The average molecular weight is 426 g/mol. The van der Waals surface area contributed by atoms with Crippen molar-refractivity contribution in [3.05, 3.63) is 107 Å². The van der Waals surface area contributed by atoms with Gasteiger partial charge in [0.2, 0.25) is 11.8 Å². The molecule has 4 nitrogen and oxygen atoms in total. The molecule has 0 saturated carbocycles. The first-order chi connectivity index (χ1) is 14.8. The van der Waals surface area contributed by atoms with Gasteiger partial charge in [0.25, 0.3) is 0 Å². The van der Waals surface area contributed by atoms with Crippen molar-refractivity contribution < 1.29 is 22.8 Å². The van der Waals surface area contributed by atoms with Gasteiger partial charge in [-0.25, -0.2) is 0 Å². The number of carbonyl (C=O) groups excluding carboxylic acids is 2. The zero-order chi connectivity index (χ0) is 22.4. The van der Waals surface area contributed by atoms with E-state index in [4.69, 9.17) is 5.73 Å². The first kappa shape index (κ1) is 22.1. The molecule has 0 bridgehead atoms. The summed E-state index contributed by atoms with van der Waals surface area (Å²) in [5.74, 6) is -2.00. The van der Waals surface area contributed by atoms with Crippen LogP contribution < -0.4 is 11.1 Å². The second kappa shape index (κ2) is 9.47. The summed E-state index contributed by atoms with van der Waals surface area (Å²) in [6.07, 6.45) is -4.66. The number of hydrogen-bond donors (Lipinski definition) is 2. The molecule has 0 aliphatic carbocycles. The lowest BCUT2D eigenvalue weighted by atomic mass is 9.90. The molecule has 3 N–H and O–H groups in total. The molecule has 3 aromatic rings. The molecule has 0 radical (unpaired) electrons. The van der Waals surface area contributed by atoms with Crippen molar-refractivity contribution in [2.75, 3.05) is 0 Å². The Morgan fingerprint density at radius 3 is 1.87 bits per heavy atom. The van der Waals surface area contributed by atoms with Gasteiger partial charge in [-0.05, 0) is 22.8 Å². The van der Waals surface area contributed by atoms with E-state index in [-0.39, 0.29) is 12.0 Å². The Labute approximate surface area is 177 Å². The average Bonchev–Trinajstić information content (AvgIpc) is 2.74. The maximum atomic E-state index is 13.2. The molecule has 0 spiro atoms. The third kappa shape index (κ3) is 5.72. The summed E-state index contributed by atoms with van der Waals surface area (Å²) in [5.41, 5.74) is 6.31. The second-order valence-electron chi connectivity index (χ2n) is 7.12. The van der Waals surface area contributed by atoms with E-state index >= 15 is 0 Å². The third-order valence-electron chi connectivity index (χ3n) is 4.88. The summed E-state index contributed by atoms with van der Waals surface area (Å²) in [5, 5.41) is 2.63. The molecule has 3 aromatic carbocycles. The zero-order valence-corrected chi connectivity index (χ0v) is 16.5. The molecule has 3 rings (SSSR count). The van der Waals surface area contributed by atoms with Crippen LogP contribution in [-0.2, 0) is 22.2 Å². The van der Waals surface area contributed by atoms with Gasteiger partial charge in [-0.2, -0.15) is 13.2 Å². The van der Waals surface area contributed by atoms with E-state index in [0.717, 1.165) is 12.1 Å². The van der Waals surface area contributed by atoms with E-state index in [0.29, 0.717) is 11.1 Å². The van der Waals surface area contributed by atoms with Crippen LogP contribution in [0.2, 0.25) is 0 Å². The predicted molar refractivity (Wildman–Crippen MR) is 111 cm³/mol. The number of alkyl halides is 3. The van der Waals surface area contributed by atoms with Crippen molar-refractivity contribution in [3.63, 3.8) is 0 Å². The molecule has 2 amide bonds. The Morgan fingerprint density at radius 2 is 1.39 bits per heavy atom. The summed E-state index contributed by atoms with van der Waals surface area (Å²) in [7, 11) is 0. The van der Waals surface area contributed by atoms with Gasteiger partial charge >= 0.3 is 6.18 Å². The maximum Gasteiger partial charge on any atom is 0.416 e. The maximum absolute atomic E-state index is 13.2. The van der Waals surface area contributed by atoms with Crippen LogP contribution in [0.3, 0.4) is 0 Å². The minimum Gasteiger partial charge on any atom is -0.368 e. The summed E-state index contributed by atoms with van der Waals surface area (Å²) in [4.78, 5) is 25.2. The minimum absolute atomic E-state index is 0.151. The molecule has 0 heterocycles. The van der Waals surface area contributed by atoms with Gasteiger partial charge in [0.05, 0.1) is 11.5 Å². The van der Waals surface area contributed by atoms with Crippen molar-refractivity contribution in [2.24, 2.45) is 5.73 Å². The minimum atomic E-state index is -4.51. The van der Waals surface area contributed by atoms with Crippen LogP contribution in [0.15, 0.2) is 84.9 Å². The van der Waals surface area contributed by atoms with E-state index in [1.165, 1.54) is 12.1 Å². The standard InChI is InChI=1S/C24H21F3N2O2/c25-24(26,27)19-13-7-8-16(14-19)15-20(22(28)30)29-23(31)21(17-9-3-1-4-10-17)18-11-5-2-6-12-18/h1-14,20-21H,15H2,(H2,28,30)(H,29,31)/t20-/m0/s1. The van der Waals surface area contributed by atoms with E-state index in [1.54, 1.807) is 48.5 Å². The Kier molecular flexibility index (Phi) is 6.74. The number of carbonyl (C=O) groups is 2. The molecule has 0 saturated heterocycles. The largest absolute Gasteiger partial charge is 0.416 e. The van der Waals surface area contributed by atoms with Crippen molar-refractivity contribution in [2.45, 2.75) is 24.6 Å². The fourth-order valence-electron chi connectivity index (χ4n) is 3.37. The van der Waals surface area contributed by atoms with E-state index < -0.39 is 35.5 Å². The molecule has 0 fully saturated rings. The highest BCUT2D eigenvalue weighted by Gasteiger charge is 2.31. The van der Waals surface area contributed by atoms with Crippen molar-refractivity contribution in [1.29, 1.82) is 0 Å². The van der Waals surface area contributed by atoms with Crippen LogP contribution >= 0.6 is 0 Å². The molecule has 0 unspecified atom stereocenters. The molecule has 0 aliphatic heterocycles. The number of halogens is 3. The van der Waals surface area contributed by atoms with E-state index in [2.05, 4.69) is 5.32 Å². The summed E-state index contributed by atoms with van der Waals surface area (Å²) in [6.45, 7) is 0. The number of benzene rings is 3. The van der Waals surface area contributed by atoms with Crippen LogP contribution in [-0.4, -0.2) is 17.9 Å². The monoisotopic (exact) mass is 426 g/mol. The lowest BCUT2D eigenvalue weighted by Gasteiger charge is -2.22. The summed E-state index contributed by atoms with van der Waals surface area (Å²) < 4.78 is 39.0. The molecule has 7 heteroatoms. The van der Waals surface area contributed by atoms with Gasteiger partial charge in [0.15, 0.2) is 0 Å². The van der Waals surface area contributed by atoms with E-state index in [1.807, 2.05) is 12.1 Å². The number of amides is 2. The summed E-state index contributed by atoms with van der Waals surface area (Å²) in [6, 6.07) is 21.5. The quantitative estimate of drug-likeness (QED) is 0.598. The zero-order valence-electron chi connectivity index (χ0n) is 16.5. The lowest BCUT2D eigenvalue weighted by Crippen LogP contribution is -2.47. The molecule has 31 heavy (non-hydrogen) atoms. The Balaban J connectivity index is 1.86. The van der Waals surface area contributed by atoms with Crippen molar-refractivity contribution in [1.82, 2.24) is 5.32 Å². The number of primary amides is 1. The van der Waals surface area contributed by atoms with Gasteiger partial charge in [0, 0.05) is 6.42 Å². The van der Waals surface area contributed by atoms with Gasteiger partial charge < -0.3 is 11.1 Å². The fraction of sp³-hybridized carbons (Fsp3) is 0.167. The third-order valence-corrected chi connectivity index (χ3v) is 4.88. The topological polar surface area (TPSA) is 72.2 Å². The smallest absolute Gasteiger partial charge is 0.368 e. The van der Waals surface area contributed by atoms with Crippen LogP contribution in [0.5, 0.6) is 0 Å². The summed E-state index contributed by atoms with van der Waals surface area (Å²) >= 11 is 0. The van der Waals surface area contributed by atoms with Gasteiger partial charge in [-0.15, -0.1) is 0 Å². The van der Waals surface area contributed by atoms with Gasteiger partial charge in [0.1, 0.15) is 6.04 Å². The lowest BCUT2D eigenvalue weighted by molar-refractivity contribution is -0.137. The van der Waals surface area contributed by atoms with E-state index in [9.17, 15) is 22.8 Å². The number of nitrogens with one attached hydrogen (secondary N) is 1. The van der Waals surface area contributed by atoms with Crippen molar-refractivity contribution in [3.8, 4) is 0 Å². The fourth-order valence-corrected chi connectivity index (χ4v) is 3.37. The van der Waals surface area contributed by atoms with Gasteiger partial charge in [-0.1, -0.05) is 78.9 Å². The van der Waals surface area contributed by atoms with Crippen LogP contribution in [0.4, 0.5) is 13.2 Å². The van der Waals surface area contributed by atoms with Crippen molar-refractivity contribution >= 4 is 11.8 Å².